The first kappa shape index (κ1) is 14.3. The fourth-order valence-corrected chi connectivity index (χ4v) is 1.92. The SMILES string of the molecule is O=C(O)c1ccnc(N(C(=O)C(F)(F)F)C2CCC2)c1. The number of hydrogen-bond donors (Lipinski definition) is 1. The van der Waals surface area contributed by atoms with E-state index in [1.165, 1.54) is 0 Å². The number of carboxylic acid groups (broad SMARTS) is 1. The minimum absolute atomic E-state index is 0.214. The number of carboxylic acids is 1. The lowest BCUT2D eigenvalue weighted by atomic mass is 9.91. The molecule has 1 aliphatic rings. The molecule has 5 nitrogen and oxygen atoms in total. The number of amides is 1. The molecule has 1 fully saturated rings. The van der Waals surface area contributed by atoms with E-state index >= 15 is 0 Å². The summed E-state index contributed by atoms with van der Waals surface area (Å²) in [7, 11) is 0. The van der Waals surface area contributed by atoms with Gasteiger partial charge >= 0.3 is 18.1 Å². The molecule has 1 aromatic heterocycles. The summed E-state index contributed by atoms with van der Waals surface area (Å²) in [6.07, 6.45) is -2.32. The number of nitrogens with zero attached hydrogens (tertiary/aromatic N) is 2. The molecule has 1 saturated carbocycles. The van der Waals surface area contributed by atoms with Crippen LogP contribution in [-0.2, 0) is 4.79 Å². The highest BCUT2D eigenvalue weighted by atomic mass is 19.4. The Kier molecular flexibility index (Phi) is 3.65. The van der Waals surface area contributed by atoms with Gasteiger partial charge in [0, 0.05) is 12.2 Å². The molecule has 0 radical (unpaired) electrons. The number of hydrogen-bond acceptors (Lipinski definition) is 3. The zero-order chi connectivity index (χ0) is 14.9. The second-order valence-corrected chi connectivity index (χ2v) is 4.47. The lowest BCUT2D eigenvalue weighted by molar-refractivity contribution is -0.171. The third kappa shape index (κ3) is 2.73. The highest BCUT2D eigenvalue weighted by Gasteiger charge is 2.46. The van der Waals surface area contributed by atoms with Gasteiger partial charge in [-0.05, 0) is 31.4 Å². The first-order chi connectivity index (χ1) is 9.30. The molecule has 0 aromatic carbocycles. The number of carbonyl (C=O) groups excluding carboxylic acids is 1. The van der Waals surface area contributed by atoms with Gasteiger partial charge in [0.15, 0.2) is 0 Å². The zero-order valence-corrected chi connectivity index (χ0v) is 10.2. The number of aromatic carboxylic acids is 1. The first-order valence-electron chi connectivity index (χ1n) is 5.90. The molecule has 1 aromatic rings. The molecule has 0 spiro atoms. The molecule has 1 N–H and O–H groups in total. The summed E-state index contributed by atoms with van der Waals surface area (Å²) >= 11 is 0. The molecule has 1 heterocycles. The van der Waals surface area contributed by atoms with Crippen molar-refractivity contribution in [2.75, 3.05) is 4.90 Å². The highest BCUT2D eigenvalue weighted by Crippen LogP contribution is 2.32. The summed E-state index contributed by atoms with van der Waals surface area (Å²) in [5.74, 6) is -3.59. The minimum Gasteiger partial charge on any atom is -0.478 e. The summed E-state index contributed by atoms with van der Waals surface area (Å²) in [5, 5.41) is 8.85. The van der Waals surface area contributed by atoms with Gasteiger partial charge in [0.05, 0.1) is 5.56 Å². The van der Waals surface area contributed by atoms with Crippen molar-refractivity contribution in [3.63, 3.8) is 0 Å². The molecule has 0 unspecified atom stereocenters. The van der Waals surface area contributed by atoms with Gasteiger partial charge < -0.3 is 5.11 Å². The molecule has 0 saturated heterocycles. The number of alkyl halides is 3. The smallest absolute Gasteiger partial charge is 0.471 e. The zero-order valence-electron chi connectivity index (χ0n) is 10.2. The van der Waals surface area contributed by atoms with E-state index in [9.17, 15) is 22.8 Å². The van der Waals surface area contributed by atoms with Crippen molar-refractivity contribution in [3.05, 3.63) is 23.9 Å². The van der Waals surface area contributed by atoms with Gasteiger partial charge in [-0.15, -0.1) is 0 Å². The first-order valence-corrected chi connectivity index (χ1v) is 5.90. The Morgan fingerprint density at radius 3 is 2.45 bits per heavy atom. The molecule has 1 amide bonds. The van der Waals surface area contributed by atoms with Crippen LogP contribution in [0.1, 0.15) is 29.6 Å². The number of rotatable bonds is 3. The molecule has 2 rings (SSSR count). The van der Waals surface area contributed by atoms with Crippen LogP contribution in [0, 0.1) is 0 Å². The number of aromatic nitrogens is 1. The van der Waals surface area contributed by atoms with E-state index in [1.807, 2.05) is 0 Å². The normalized spacial score (nSPS) is 15.6. The Hall–Kier alpha value is -2.12. The van der Waals surface area contributed by atoms with Crippen LogP contribution in [-0.4, -0.2) is 34.2 Å². The van der Waals surface area contributed by atoms with Crippen LogP contribution in [0.15, 0.2) is 18.3 Å². The standard InChI is InChI=1S/C12H11F3N2O3/c13-12(14,15)11(20)17(8-2-1-3-8)9-6-7(10(18)19)4-5-16-9/h4-6,8H,1-3H2,(H,18,19). The van der Waals surface area contributed by atoms with Gasteiger partial charge in [-0.3, -0.25) is 9.69 Å². The summed E-state index contributed by atoms with van der Waals surface area (Å²) in [6, 6.07) is 1.55. The molecule has 108 valence electrons. The molecule has 0 bridgehead atoms. The van der Waals surface area contributed by atoms with Gasteiger partial charge in [0.2, 0.25) is 0 Å². The third-order valence-corrected chi connectivity index (χ3v) is 3.14. The largest absolute Gasteiger partial charge is 0.478 e. The van der Waals surface area contributed by atoms with Crippen LogP contribution in [0.2, 0.25) is 0 Å². The van der Waals surface area contributed by atoms with Crippen molar-refractivity contribution in [1.29, 1.82) is 0 Å². The maximum absolute atomic E-state index is 12.6. The van der Waals surface area contributed by atoms with E-state index in [2.05, 4.69) is 4.98 Å². The molecule has 20 heavy (non-hydrogen) atoms. The van der Waals surface area contributed by atoms with Gasteiger partial charge in [-0.25, -0.2) is 9.78 Å². The van der Waals surface area contributed by atoms with Crippen molar-refractivity contribution < 1.29 is 27.9 Å². The van der Waals surface area contributed by atoms with Crippen LogP contribution in [0.4, 0.5) is 19.0 Å². The Morgan fingerprint density at radius 2 is 2.00 bits per heavy atom. The fraction of sp³-hybridized carbons (Fsp3) is 0.417. The summed E-state index contributed by atoms with van der Waals surface area (Å²) < 4.78 is 37.9. The second-order valence-electron chi connectivity index (χ2n) is 4.47. The number of anilines is 1. The van der Waals surface area contributed by atoms with Crippen LogP contribution >= 0.6 is 0 Å². The monoisotopic (exact) mass is 288 g/mol. The Bertz CT molecular complexity index is 541. The molecule has 8 heteroatoms. The van der Waals surface area contributed by atoms with Crippen LogP contribution in [0.3, 0.4) is 0 Å². The Morgan fingerprint density at radius 1 is 1.35 bits per heavy atom. The molecule has 0 aliphatic heterocycles. The van der Waals surface area contributed by atoms with Crippen molar-refractivity contribution >= 4 is 17.7 Å². The van der Waals surface area contributed by atoms with E-state index in [0.717, 1.165) is 24.8 Å². The summed E-state index contributed by atoms with van der Waals surface area (Å²) in [5.41, 5.74) is -0.214. The average molecular weight is 288 g/mol. The highest BCUT2D eigenvalue weighted by molar-refractivity contribution is 5.98. The molecular weight excluding hydrogens is 277 g/mol. The maximum atomic E-state index is 12.6. The van der Waals surface area contributed by atoms with E-state index < -0.39 is 24.1 Å². The predicted molar refractivity (Wildman–Crippen MR) is 62.4 cm³/mol. The van der Waals surface area contributed by atoms with Crippen molar-refractivity contribution in [3.8, 4) is 0 Å². The number of pyridine rings is 1. The van der Waals surface area contributed by atoms with E-state index in [4.69, 9.17) is 5.11 Å². The molecule has 1 aliphatic carbocycles. The quantitative estimate of drug-likeness (QED) is 0.925. The molecular formula is C12H11F3N2O3. The van der Waals surface area contributed by atoms with Crippen molar-refractivity contribution in [1.82, 2.24) is 4.98 Å². The Balaban J connectivity index is 2.38. The Labute approximate surface area is 112 Å². The van der Waals surface area contributed by atoms with Crippen LogP contribution < -0.4 is 4.90 Å². The van der Waals surface area contributed by atoms with Gasteiger partial charge in [0.25, 0.3) is 0 Å². The van der Waals surface area contributed by atoms with Crippen molar-refractivity contribution in [2.45, 2.75) is 31.5 Å². The third-order valence-electron chi connectivity index (χ3n) is 3.14. The predicted octanol–water partition coefficient (Wildman–Crippen LogP) is 2.23. The van der Waals surface area contributed by atoms with Gasteiger partial charge in [0.1, 0.15) is 5.82 Å². The second kappa shape index (κ2) is 5.10. The number of carbonyl (C=O) groups is 2. The maximum Gasteiger partial charge on any atom is 0.471 e. The van der Waals surface area contributed by atoms with E-state index in [0.29, 0.717) is 17.7 Å². The molecule has 0 atom stereocenters. The van der Waals surface area contributed by atoms with E-state index in [-0.39, 0.29) is 11.4 Å². The van der Waals surface area contributed by atoms with Gasteiger partial charge in [-0.2, -0.15) is 13.2 Å². The number of halogens is 3. The lowest BCUT2D eigenvalue weighted by Crippen LogP contribution is -2.50. The fourth-order valence-electron chi connectivity index (χ4n) is 1.92. The van der Waals surface area contributed by atoms with E-state index in [1.54, 1.807) is 0 Å². The summed E-state index contributed by atoms with van der Waals surface area (Å²) in [6.45, 7) is 0. The van der Waals surface area contributed by atoms with Crippen LogP contribution in [0.25, 0.3) is 0 Å². The minimum atomic E-state index is -5.02. The van der Waals surface area contributed by atoms with Crippen molar-refractivity contribution in [2.24, 2.45) is 0 Å². The summed E-state index contributed by atoms with van der Waals surface area (Å²) in [4.78, 5) is 26.6. The lowest BCUT2D eigenvalue weighted by Gasteiger charge is -2.37. The van der Waals surface area contributed by atoms with Gasteiger partial charge in [-0.1, -0.05) is 0 Å². The average Bonchev–Trinajstić information content (AvgIpc) is 2.31. The van der Waals surface area contributed by atoms with Crippen LogP contribution in [0.5, 0.6) is 0 Å². The topological polar surface area (TPSA) is 70.5 Å².